The van der Waals surface area contributed by atoms with Gasteiger partial charge in [-0.3, -0.25) is 9.69 Å². The zero-order valence-corrected chi connectivity index (χ0v) is 14.7. The van der Waals surface area contributed by atoms with Gasteiger partial charge in [0.1, 0.15) is 0 Å². The van der Waals surface area contributed by atoms with Gasteiger partial charge in [-0.2, -0.15) is 0 Å². The second kappa shape index (κ2) is 8.30. The van der Waals surface area contributed by atoms with Crippen molar-refractivity contribution in [2.24, 2.45) is 0 Å². The molecule has 0 spiro atoms. The molecule has 1 aromatic rings. The number of hydrogen-bond acceptors (Lipinski definition) is 4. The van der Waals surface area contributed by atoms with Gasteiger partial charge < -0.3 is 14.8 Å². The van der Waals surface area contributed by atoms with Gasteiger partial charge in [-0.1, -0.05) is 23.7 Å². The van der Waals surface area contributed by atoms with E-state index in [2.05, 4.69) is 22.3 Å². The molecule has 0 unspecified atom stereocenters. The summed E-state index contributed by atoms with van der Waals surface area (Å²) in [5.74, 6) is 0.0803. The maximum atomic E-state index is 12.3. The van der Waals surface area contributed by atoms with Gasteiger partial charge in [0.05, 0.1) is 19.8 Å². The van der Waals surface area contributed by atoms with Crippen LogP contribution < -0.4 is 5.32 Å². The van der Waals surface area contributed by atoms with Crippen LogP contribution in [-0.2, 0) is 19.7 Å². The second-order valence-electron chi connectivity index (χ2n) is 6.56. The molecule has 2 aliphatic rings. The summed E-state index contributed by atoms with van der Waals surface area (Å²) in [5, 5.41) is 3.88. The molecule has 0 aliphatic carbocycles. The van der Waals surface area contributed by atoms with Crippen LogP contribution in [-0.4, -0.2) is 63.4 Å². The Morgan fingerprint density at radius 3 is 2.38 bits per heavy atom. The first-order chi connectivity index (χ1) is 11.7. The van der Waals surface area contributed by atoms with Gasteiger partial charge in [-0.15, -0.1) is 0 Å². The highest BCUT2D eigenvalue weighted by Crippen LogP contribution is 2.34. The molecule has 2 heterocycles. The minimum atomic E-state index is -0.0660. The molecule has 0 atom stereocenters. The quantitative estimate of drug-likeness (QED) is 0.878. The minimum absolute atomic E-state index is 0.0660. The minimum Gasteiger partial charge on any atom is -0.381 e. The lowest BCUT2D eigenvalue weighted by Gasteiger charge is -2.38. The van der Waals surface area contributed by atoms with Crippen molar-refractivity contribution in [2.75, 3.05) is 52.6 Å². The summed E-state index contributed by atoms with van der Waals surface area (Å²) < 4.78 is 10.9. The fraction of sp³-hybridized carbons (Fsp3) is 0.611. The van der Waals surface area contributed by atoms with Crippen LogP contribution in [0.4, 0.5) is 0 Å². The van der Waals surface area contributed by atoms with E-state index in [0.717, 1.165) is 44.2 Å². The third-order valence-electron chi connectivity index (χ3n) is 5.00. The fourth-order valence-corrected chi connectivity index (χ4v) is 3.55. The van der Waals surface area contributed by atoms with Crippen LogP contribution in [0.2, 0.25) is 5.02 Å². The molecule has 5 nitrogen and oxygen atoms in total. The Balaban J connectivity index is 1.61. The van der Waals surface area contributed by atoms with Crippen molar-refractivity contribution in [1.82, 2.24) is 10.2 Å². The largest absolute Gasteiger partial charge is 0.381 e. The summed E-state index contributed by atoms with van der Waals surface area (Å²) in [7, 11) is 0. The highest BCUT2D eigenvalue weighted by molar-refractivity contribution is 6.30. The van der Waals surface area contributed by atoms with Crippen LogP contribution in [0.15, 0.2) is 24.3 Å². The maximum Gasteiger partial charge on any atom is 0.234 e. The zero-order chi connectivity index (χ0) is 16.8. The molecule has 1 amide bonds. The van der Waals surface area contributed by atoms with Gasteiger partial charge in [0, 0.05) is 43.3 Å². The summed E-state index contributed by atoms with van der Waals surface area (Å²) in [6.07, 6.45) is 1.82. The van der Waals surface area contributed by atoms with Crippen LogP contribution in [0.5, 0.6) is 0 Å². The number of nitrogens with one attached hydrogen (secondary N) is 1. The van der Waals surface area contributed by atoms with E-state index in [1.807, 2.05) is 12.1 Å². The number of morpholine rings is 1. The standard InChI is InChI=1S/C18H25ClN2O3/c19-16-3-1-15(2-4-16)18(5-9-23-10-6-18)14-20-17(22)13-21-7-11-24-12-8-21/h1-4H,5-14H2,(H,20,22). The van der Waals surface area contributed by atoms with Crippen LogP contribution >= 0.6 is 11.6 Å². The molecule has 24 heavy (non-hydrogen) atoms. The predicted molar refractivity (Wildman–Crippen MR) is 93.5 cm³/mol. The Kier molecular flexibility index (Phi) is 6.11. The normalized spacial score (nSPS) is 21.4. The van der Waals surface area contributed by atoms with Crippen LogP contribution in [0.25, 0.3) is 0 Å². The molecular weight excluding hydrogens is 328 g/mol. The molecule has 1 aromatic carbocycles. The first-order valence-corrected chi connectivity index (χ1v) is 8.96. The first-order valence-electron chi connectivity index (χ1n) is 8.59. The number of benzene rings is 1. The zero-order valence-electron chi connectivity index (χ0n) is 13.9. The monoisotopic (exact) mass is 352 g/mol. The van der Waals surface area contributed by atoms with Crippen molar-refractivity contribution in [1.29, 1.82) is 0 Å². The Hall–Kier alpha value is -1.14. The number of amides is 1. The Labute approximate surface area is 148 Å². The van der Waals surface area contributed by atoms with E-state index in [4.69, 9.17) is 21.1 Å². The molecule has 132 valence electrons. The lowest BCUT2D eigenvalue weighted by atomic mass is 9.74. The number of rotatable bonds is 5. The molecule has 2 aliphatic heterocycles. The number of hydrogen-bond donors (Lipinski definition) is 1. The Bertz CT molecular complexity index is 538. The summed E-state index contributed by atoms with van der Waals surface area (Å²) in [5.41, 5.74) is 1.16. The van der Waals surface area contributed by atoms with Crippen molar-refractivity contribution in [3.63, 3.8) is 0 Å². The van der Waals surface area contributed by atoms with E-state index in [1.54, 1.807) is 0 Å². The van der Waals surface area contributed by atoms with E-state index in [0.29, 0.717) is 26.3 Å². The average molecular weight is 353 g/mol. The third-order valence-corrected chi connectivity index (χ3v) is 5.25. The van der Waals surface area contributed by atoms with Crippen molar-refractivity contribution in [3.8, 4) is 0 Å². The number of ether oxygens (including phenoxy) is 2. The molecular formula is C18H25ClN2O3. The number of halogens is 1. The molecule has 0 bridgehead atoms. The summed E-state index contributed by atoms with van der Waals surface area (Å²) in [4.78, 5) is 14.5. The fourth-order valence-electron chi connectivity index (χ4n) is 3.42. The van der Waals surface area contributed by atoms with Gasteiger partial charge in [0.15, 0.2) is 0 Å². The van der Waals surface area contributed by atoms with Crippen LogP contribution in [0.3, 0.4) is 0 Å². The van der Waals surface area contributed by atoms with E-state index in [-0.39, 0.29) is 11.3 Å². The summed E-state index contributed by atoms with van der Waals surface area (Å²) >= 11 is 6.02. The van der Waals surface area contributed by atoms with Crippen molar-refractivity contribution >= 4 is 17.5 Å². The SMILES string of the molecule is O=C(CN1CCOCC1)NCC1(c2ccc(Cl)cc2)CCOCC1. The van der Waals surface area contributed by atoms with E-state index in [9.17, 15) is 4.79 Å². The van der Waals surface area contributed by atoms with Gasteiger partial charge in [0.2, 0.25) is 5.91 Å². The first kappa shape index (κ1) is 17.7. The lowest BCUT2D eigenvalue weighted by molar-refractivity contribution is -0.123. The van der Waals surface area contributed by atoms with E-state index in [1.165, 1.54) is 5.56 Å². The van der Waals surface area contributed by atoms with E-state index >= 15 is 0 Å². The second-order valence-corrected chi connectivity index (χ2v) is 7.00. The van der Waals surface area contributed by atoms with Crippen molar-refractivity contribution < 1.29 is 14.3 Å². The molecule has 0 radical (unpaired) electrons. The molecule has 0 saturated carbocycles. The smallest absolute Gasteiger partial charge is 0.234 e. The average Bonchev–Trinajstić information content (AvgIpc) is 2.62. The topological polar surface area (TPSA) is 50.8 Å². The predicted octanol–water partition coefficient (Wildman–Crippen LogP) is 1.84. The maximum absolute atomic E-state index is 12.3. The molecule has 2 saturated heterocycles. The number of carbonyl (C=O) groups excluding carboxylic acids is 1. The van der Waals surface area contributed by atoms with Gasteiger partial charge in [0.25, 0.3) is 0 Å². The number of nitrogens with zero attached hydrogens (tertiary/aromatic N) is 1. The van der Waals surface area contributed by atoms with E-state index < -0.39 is 0 Å². The molecule has 0 aromatic heterocycles. The lowest BCUT2D eigenvalue weighted by Crippen LogP contribution is -2.48. The third kappa shape index (κ3) is 4.48. The van der Waals surface area contributed by atoms with Crippen molar-refractivity contribution in [3.05, 3.63) is 34.9 Å². The van der Waals surface area contributed by atoms with Crippen LogP contribution in [0, 0.1) is 0 Å². The number of carbonyl (C=O) groups is 1. The highest BCUT2D eigenvalue weighted by Gasteiger charge is 2.35. The van der Waals surface area contributed by atoms with Gasteiger partial charge in [-0.25, -0.2) is 0 Å². The summed E-state index contributed by atoms with van der Waals surface area (Å²) in [6, 6.07) is 7.98. The molecule has 6 heteroatoms. The van der Waals surface area contributed by atoms with Crippen molar-refractivity contribution in [2.45, 2.75) is 18.3 Å². The molecule has 3 rings (SSSR count). The molecule has 2 fully saturated rings. The van der Waals surface area contributed by atoms with Crippen LogP contribution in [0.1, 0.15) is 18.4 Å². The summed E-state index contributed by atoms with van der Waals surface area (Å²) in [6.45, 7) is 5.59. The Morgan fingerprint density at radius 1 is 1.08 bits per heavy atom. The molecule has 1 N–H and O–H groups in total. The highest BCUT2D eigenvalue weighted by atomic mass is 35.5. The Morgan fingerprint density at radius 2 is 1.71 bits per heavy atom. The van der Waals surface area contributed by atoms with Gasteiger partial charge in [-0.05, 0) is 30.5 Å². The van der Waals surface area contributed by atoms with Gasteiger partial charge >= 0.3 is 0 Å².